The highest BCUT2D eigenvalue weighted by atomic mass is 19.2. The smallest absolute Gasteiger partial charge is 0.194 e. The molecule has 8 aromatic rings. The van der Waals surface area contributed by atoms with Gasteiger partial charge in [-0.05, 0) is 122 Å². The van der Waals surface area contributed by atoms with Gasteiger partial charge in [0.2, 0.25) is 0 Å². The molecule has 0 radical (unpaired) electrons. The Balaban J connectivity index is 0.000000170. The molecule has 2 aliphatic rings. The minimum absolute atomic E-state index is 0.356. The Labute approximate surface area is 386 Å². The van der Waals surface area contributed by atoms with Crippen LogP contribution in [0.5, 0.6) is 11.5 Å². The van der Waals surface area contributed by atoms with Crippen molar-refractivity contribution in [3.63, 3.8) is 0 Å². The number of rotatable bonds is 10. The molecule has 0 N–H and O–H groups in total. The highest BCUT2D eigenvalue weighted by molar-refractivity contribution is 5.70. The molecule has 4 aromatic heterocycles. The molecule has 0 unspecified atom stereocenters. The van der Waals surface area contributed by atoms with Crippen LogP contribution in [0.1, 0.15) is 94.5 Å². The Bertz CT molecular complexity index is 2950. The van der Waals surface area contributed by atoms with Crippen LogP contribution < -0.4 is 9.47 Å². The fourth-order valence-electron chi connectivity index (χ4n) is 8.70. The molecule has 68 heavy (non-hydrogen) atoms. The molecule has 0 fully saturated rings. The zero-order valence-electron chi connectivity index (χ0n) is 37.3. The molecule has 0 spiro atoms. The van der Waals surface area contributed by atoms with E-state index in [1.165, 1.54) is 0 Å². The van der Waals surface area contributed by atoms with Crippen LogP contribution >= 0.6 is 0 Å². The number of benzene rings is 4. The number of hydrogen-bond donors (Lipinski definition) is 0. The predicted octanol–water partition coefficient (Wildman–Crippen LogP) is 10.6. The van der Waals surface area contributed by atoms with Crippen LogP contribution in [0.15, 0.2) is 85.7 Å². The van der Waals surface area contributed by atoms with E-state index in [-0.39, 0.29) is 11.8 Å². The van der Waals surface area contributed by atoms with E-state index < -0.39 is 34.9 Å². The monoisotopic (exact) mass is 930 g/mol. The number of fused-ring (bicyclic) bond motifs is 2. The molecule has 10 rings (SSSR count). The Morgan fingerprint density at radius 1 is 0.529 bits per heavy atom. The Morgan fingerprint density at radius 3 is 1.28 bits per heavy atom. The van der Waals surface area contributed by atoms with Gasteiger partial charge in [-0.2, -0.15) is 0 Å². The third-order valence-corrected chi connectivity index (χ3v) is 12.0. The number of hydrogen-bond acceptors (Lipinski definition) is 8. The van der Waals surface area contributed by atoms with Crippen molar-refractivity contribution in [3.05, 3.63) is 178 Å². The molecule has 12 nitrogen and oxygen atoms in total. The molecule has 0 aliphatic carbocycles. The zero-order valence-corrected chi connectivity index (χ0v) is 37.3. The van der Waals surface area contributed by atoms with Crippen LogP contribution in [-0.2, 0) is 13.1 Å². The number of methoxy groups -OCH3 is 2. The molecule has 18 heteroatoms. The number of nitrogens with zero attached hydrogens (tertiary/aromatic N) is 10. The number of imidazole rings is 2. The van der Waals surface area contributed by atoms with E-state index >= 15 is 0 Å². The van der Waals surface area contributed by atoms with Crippen molar-refractivity contribution in [2.75, 3.05) is 14.2 Å². The molecule has 4 aromatic carbocycles. The first-order valence-corrected chi connectivity index (χ1v) is 21.8. The van der Waals surface area contributed by atoms with Crippen molar-refractivity contribution in [1.29, 1.82) is 0 Å². The number of aromatic nitrogens is 10. The highest BCUT2D eigenvalue weighted by Crippen LogP contribution is 2.36. The number of aryl methyl sites for hydroxylation is 2. The molecule has 0 bridgehead atoms. The average molecular weight is 931 g/mol. The van der Waals surface area contributed by atoms with Gasteiger partial charge >= 0.3 is 0 Å². The summed E-state index contributed by atoms with van der Waals surface area (Å²) in [5.74, 6) is -4.55. The maximum absolute atomic E-state index is 13.8. The van der Waals surface area contributed by atoms with Crippen molar-refractivity contribution < 1.29 is 35.8 Å². The first-order chi connectivity index (χ1) is 32.9. The SMILES string of the molecule is COc1cc(/C=C/c2nnc3n2CCC[C@@H]3c2cc(F)c(F)c(F)c2)ccc1-n1cnc(C)c1.COc1cc(/C=C/c2nnc3n2CCC[C@H]3c2cc(F)c(F)c(F)c2)ccc1-n1cnc(C)c1. The largest absolute Gasteiger partial charge is 0.495 e. The van der Waals surface area contributed by atoms with E-state index in [1.807, 2.05) is 105 Å². The molecule has 2 atom stereocenters. The van der Waals surface area contributed by atoms with Crippen LogP contribution in [0.2, 0.25) is 0 Å². The molecule has 0 saturated carbocycles. The van der Waals surface area contributed by atoms with E-state index in [2.05, 4.69) is 30.4 Å². The van der Waals surface area contributed by atoms with Gasteiger partial charge in [0.1, 0.15) is 23.1 Å². The van der Waals surface area contributed by atoms with E-state index in [4.69, 9.17) is 9.47 Å². The third kappa shape index (κ3) is 9.17. The van der Waals surface area contributed by atoms with Gasteiger partial charge in [0.15, 0.2) is 46.6 Å². The summed E-state index contributed by atoms with van der Waals surface area (Å²) in [4.78, 5) is 8.52. The van der Waals surface area contributed by atoms with Gasteiger partial charge in [-0.3, -0.25) is 0 Å². The quantitative estimate of drug-likeness (QED) is 0.0984. The molecule has 0 amide bonds. The normalized spacial score (nSPS) is 15.6. The second kappa shape index (κ2) is 19.2. The second-order valence-corrected chi connectivity index (χ2v) is 16.5. The summed E-state index contributed by atoms with van der Waals surface area (Å²) in [5, 5.41) is 17.1. The lowest BCUT2D eigenvalue weighted by atomic mass is 9.90. The fraction of sp³-hybridized carbons (Fsp3) is 0.240. The van der Waals surface area contributed by atoms with Crippen molar-refractivity contribution >= 4 is 24.3 Å². The lowest BCUT2D eigenvalue weighted by molar-refractivity contribution is 0.412. The standard InChI is InChI=1S/2C25H22F3N5O/c2*1-15-13-32(14-29-15)21-7-5-16(10-22(21)34-2)6-8-23-30-31-25-18(4-3-9-33(23)25)17-11-19(26)24(28)20(27)12-17/h2*5-8,10-14,18H,3-4,9H2,1-2H3/b2*8-6+/t2*18-/m10/s1. The topological polar surface area (TPSA) is 116 Å². The van der Waals surface area contributed by atoms with E-state index in [1.54, 1.807) is 26.9 Å². The van der Waals surface area contributed by atoms with Crippen molar-refractivity contribution in [3.8, 4) is 22.9 Å². The van der Waals surface area contributed by atoms with Crippen molar-refractivity contribution in [2.45, 2.75) is 64.5 Å². The minimum atomic E-state index is -1.46. The number of ether oxygens (including phenoxy) is 2. The Morgan fingerprint density at radius 2 is 0.926 bits per heavy atom. The van der Waals surface area contributed by atoms with Crippen LogP contribution in [-0.4, -0.2) is 62.9 Å². The van der Waals surface area contributed by atoms with Gasteiger partial charge in [-0.15, -0.1) is 20.4 Å². The second-order valence-electron chi connectivity index (χ2n) is 16.5. The van der Waals surface area contributed by atoms with Gasteiger partial charge in [0, 0.05) is 37.3 Å². The van der Waals surface area contributed by atoms with E-state index in [9.17, 15) is 26.3 Å². The summed E-state index contributed by atoms with van der Waals surface area (Å²) >= 11 is 0. The Kier molecular flexibility index (Phi) is 12.8. The first-order valence-electron chi connectivity index (χ1n) is 21.8. The molecular formula is C50H44F6N10O2. The maximum atomic E-state index is 13.8. The van der Waals surface area contributed by atoms with E-state index in [0.29, 0.717) is 71.9 Å². The fourth-order valence-corrected chi connectivity index (χ4v) is 8.70. The highest BCUT2D eigenvalue weighted by Gasteiger charge is 2.29. The first kappa shape index (κ1) is 45.4. The summed E-state index contributed by atoms with van der Waals surface area (Å²) in [7, 11) is 3.23. The molecule has 6 heterocycles. The summed E-state index contributed by atoms with van der Waals surface area (Å²) in [5.41, 5.74) is 6.10. The summed E-state index contributed by atoms with van der Waals surface area (Å²) < 4.78 is 101. The predicted molar refractivity (Wildman–Crippen MR) is 242 cm³/mol. The van der Waals surface area contributed by atoms with Crippen LogP contribution in [0.25, 0.3) is 35.7 Å². The molecule has 348 valence electrons. The molecule has 2 aliphatic heterocycles. The maximum Gasteiger partial charge on any atom is 0.194 e. The Hall–Kier alpha value is -7.76. The summed E-state index contributed by atoms with van der Waals surface area (Å²) in [6, 6.07) is 15.8. The minimum Gasteiger partial charge on any atom is -0.495 e. The molecule has 0 saturated heterocycles. The number of halogens is 6. The lowest BCUT2D eigenvalue weighted by Crippen LogP contribution is -2.18. The van der Waals surface area contributed by atoms with Crippen molar-refractivity contribution in [1.82, 2.24) is 48.6 Å². The zero-order chi connectivity index (χ0) is 47.6. The average Bonchev–Trinajstić information content (AvgIpc) is 4.18. The third-order valence-electron chi connectivity index (χ3n) is 12.0. The van der Waals surface area contributed by atoms with Crippen LogP contribution in [0.3, 0.4) is 0 Å². The van der Waals surface area contributed by atoms with Gasteiger partial charge in [0.25, 0.3) is 0 Å². The van der Waals surface area contributed by atoms with Crippen LogP contribution in [0.4, 0.5) is 26.3 Å². The summed E-state index contributed by atoms with van der Waals surface area (Å²) in [6.07, 6.45) is 17.7. The van der Waals surface area contributed by atoms with Gasteiger partial charge in [-0.25, -0.2) is 36.3 Å². The van der Waals surface area contributed by atoms with Gasteiger partial charge in [0.05, 0.1) is 49.6 Å². The van der Waals surface area contributed by atoms with Gasteiger partial charge in [-0.1, -0.05) is 24.3 Å². The summed E-state index contributed by atoms with van der Waals surface area (Å²) in [6.45, 7) is 5.22. The lowest BCUT2D eigenvalue weighted by Gasteiger charge is -2.23. The molecular weight excluding hydrogens is 887 g/mol. The van der Waals surface area contributed by atoms with Crippen molar-refractivity contribution in [2.24, 2.45) is 0 Å². The van der Waals surface area contributed by atoms with E-state index in [0.717, 1.165) is 71.0 Å². The van der Waals surface area contributed by atoms with Crippen LogP contribution in [0, 0.1) is 48.8 Å². The van der Waals surface area contributed by atoms with Gasteiger partial charge < -0.3 is 27.7 Å².